The minimum atomic E-state index is -0.0620. The Hall–Kier alpha value is -2.90. The van der Waals surface area contributed by atoms with Crippen LogP contribution in [-0.2, 0) is 35.5 Å². The van der Waals surface area contributed by atoms with Gasteiger partial charge in [0.1, 0.15) is 0 Å². The lowest BCUT2D eigenvalue weighted by atomic mass is 9.90. The molecule has 188 valence electrons. The molecule has 0 spiro atoms. The number of aryl methyl sites for hydroxylation is 1. The lowest BCUT2D eigenvalue weighted by Gasteiger charge is -2.33. The summed E-state index contributed by atoms with van der Waals surface area (Å²) in [6.07, 6.45) is 4.39. The molecule has 2 amide bonds. The van der Waals surface area contributed by atoms with Crippen LogP contribution in [0.5, 0.6) is 0 Å². The minimum Gasteiger partial charge on any atom is -0.353 e. The number of carbonyl (C=O) groups excluding carboxylic acids is 2. The van der Waals surface area contributed by atoms with Crippen molar-refractivity contribution in [1.82, 2.24) is 20.7 Å². The van der Waals surface area contributed by atoms with Crippen molar-refractivity contribution in [2.45, 2.75) is 58.7 Å². The fourth-order valence-corrected chi connectivity index (χ4v) is 5.03. The number of benzene rings is 2. The minimum absolute atomic E-state index is 0.0134. The van der Waals surface area contributed by atoms with Gasteiger partial charge in [-0.2, -0.15) is 0 Å². The van der Waals surface area contributed by atoms with Gasteiger partial charge in [-0.05, 0) is 54.0 Å². The van der Waals surface area contributed by atoms with E-state index in [4.69, 9.17) is 0 Å². The highest BCUT2D eigenvalue weighted by Crippen LogP contribution is 2.31. The van der Waals surface area contributed by atoms with E-state index in [9.17, 15) is 9.59 Å². The quantitative estimate of drug-likeness (QED) is 0.515. The molecule has 35 heavy (non-hydrogen) atoms. The average Bonchev–Trinajstić information content (AvgIpc) is 3.29. The zero-order valence-corrected chi connectivity index (χ0v) is 21.3. The number of hydrogen-bond acceptors (Lipinski definition) is 5. The second-order valence-electron chi connectivity index (χ2n) is 9.95. The Balaban J connectivity index is 1.46. The monoisotopic (exact) mass is 477 g/mol. The van der Waals surface area contributed by atoms with Crippen molar-refractivity contribution in [2.75, 3.05) is 38.1 Å². The van der Waals surface area contributed by atoms with Crippen LogP contribution >= 0.6 is 0 Å². The van der Waals surface area contributed by atoms with Crippen molar-refractivity contribution in [3.05, 3.63) is 64.7 Å². The zero-order chi connectivity index (χ0) is 24.8. The largest absolute Gasteiger partial charge is 0.353 e. The summed E-state index contributed by atoms with van der Waals surface area (Å²) in [5, 5.41) is 10.1. The van der Waals surface area contributed by atoms with Crippen LogP contribution in [0.15, 0.2) is 42.5 Å². The summed E-state index contributed by atoms with van der Waals surface area (Å²) in [7, 11) is 1.84. The normalized spacial score (nSPS) is 15.0. The number of rotatable bonds is 10. The van der Waals surface area contributed by atoms with Gasteiger partial charge in [-0.25, -0.2) is 5.01 Å². The maximum atomic E-state index is 13.5. The summed E-state index contributed by atoms with van der Waals surface area (Å²) in [6.45, 7) is 7.24. The molecule has 0 unspecified atom stereocenters. The molecule has 0 atom stereocenters. The van der Waals surface area contributed by atoms with Crippen molar-refractivity contribution < 1.29 is 9.59 Å². The Labute approximate surface area is 209 Å². The van der Waals surface area contributed by atoms with E-state index in [1.165, 1.54) is 28.7 Å². The second kappa shape index (κ2) is 11.7. The van der Waals surface area contributed by atoms with Crippen LogP contribution in [-0.4, -0.2) is 61.1 Å². The number of hydrogen-bond donors (Lipinski definition) is 2. The lowest BCUT2D eigenvalue weighted by molar-refractivity contribution is -0.145. The predicted octanol–water partition coefficient (Wildman–Crippen LogP) is 2.88. The Morgan fingerprint density at radius 3 is 2.31 bits per heavy atom. The predicted molar refractivity (Wildman–Crippen MR) is 140 cm³/mol. The van der Waals surface area contributed by atoms with Gasteiger partial charge in [0.2, 0.25) is 5.91 Å². The van der Waals surface area contributed by atoms with Gasteiger partial charge < -0.3 is 15.5 Å². The standard InChI is InChI=1S/C28H39N5O2/c1-21(2)29-15-16-30-27(34)19-32(26-14-8-12-22-9-6-7-13-25(22)26)20-28(35)31(3)33-17-23-10-4-5-11-24(23)18-33/h4-5,8,10-12,14,21,29H,6-7,9,13,15-20H2,1-3H3,(H,30,34). The number of fused-ring (bicyclic) bond motifs is 2. The number of anilines is 1. The molecule has 2 aromatic carbocycles. The molecule has 0 saturated heterocycles. The molecule has 7 nitrogen and oxygen atoms in total. The van der Waals surface area contributed by atoms with E-state index in [-0.39, 0.29) is 24.9 Å². The highest BCUT2D eigenvalue weighted by molar-refractivity contribution is 5.87. The number of likely N-dealkylation sites (N-methyl/N-ethyl adjacent to an activating group) is 1. The van der Waals surface area contributed by atoms with Crippen LogP contribution in [0.3, 0.4) is 0 Å². The molecule has 2 aliphatic rings. The molecule has 2 aromatic rings. The van der Waals surface area contributed by atoms with Gasteiger partial charge in [-0.1, -0.05) is 50.2 Å². The summed E-state index contributed by atoms with van der Waals surface area (Å²) in [5.74, 6) is -0.0755. The molecule has 0 fully saturated rings. The third kappa shape index (κ3) is 6.41. The third-order valence-electron chi connectivity index (χ3n) is 6.98. The maximum Gasteiger partial charge on any atom is 0.256 e. The lowest BCUT2D eigenvalue weighted by Crippen LogP contribution is -2.48. The van der Waals surface area contributed by atoms with Gasteiger partial charge in [0.05, 0.1) is 13.1 Å². The maximum absolute atomic E-state index is 13.5. The molecule has 1 heterocycles. The first kappa shape index (κ1) is 25.2. The first-order chi connectivity index (χ1) is 16.9. The number of amides is 2. The molecular weight excluding hydrogens is 438 g/mol. The first-order valence-corrected chi connectivity index (χ1v) is 12.9. The Morgan fingerprint density at radius 1 is 0.914 bits per heavy atom. The zero-order valence-electron chi connectivity index (χ0n) is 21.3. The summed E-state index contributed by atoms with van der Waals surface area (Å²) in [5.41, 5.74) is 6.17. The highest BCUT2D eigenvalue weighted by atomic mass is 16.2. The van der Waals surface area contributed by atoms with Gasteiger partial charge in [0, 0.05) is 45.0 Å². The molecule has 0 saturated carbocycles. The van der Waals surface area contributed by atoms with E-state index < -0.39 is 0 Å². The van der Waals surface area contributed by atoms with Crippen LogP contribution < -0.4 is 15.5 Å². The molecule has 0 bridgehead atoms. The summed E-state index contributed by atoms with van der Waals surface area (Å²) >= 11 is 0. The molecule has 0 radical (unpaired) electrons. The number of nitrogens with zero attached hydrogens (tertiary/aromatic N) is 3. The molecule has 1 aliphatic carbocycles. The van der Waals surface area contributed by atoms with Crippen molar-refractivity contribution in [3.63, 3.8) is 0 Å². The Bertz CT molecular complexity index is 1010. The Morgan fingerprint density at radius 2 is 1.60 bits per heavy atom. The summed E-state index contributed by atoms with van der Waals surface area (Å²) in [4.78, 5) is 28.3. The number of carbonyl (C=O) groups is 2. The topological polar surface area (TPSA) is 67.9 Å². The van der Waals surface area contributed by atoms with E-state index in [1.807, 2.05) is 24.1 Å². The van der Waals surface area contributed by atoms with Gasteiger partial charge >= 0.3 is 0 Å². The van der Waals surface area contributed by atoms with E-state index in [1.54, 1.807) is 5.01 Å². The van der Waals surface area contributed by atoms with Gasteiger partial charge in [-0.3, -0.25) is 14.6 Å². The van der Waals surface area contributed by atoms with E-state index in [2.05, 4.69) is 59.8 Å². The smallest absolute Gasteiger partial charge is 0.256 e. The van der Waals surface area contributed by atoms with E-state index in [0.717, 1.165) is 44.6 Å². The second-order valence-corrected chi connectivity index (χ2v) is 9.95. The molecule has 2 N–H and O–H groups in total. The molecular formula is C28H39N5O2. The average molecular weight is 478 g/mol. The van der Waals surface area contributed by atoms with Crippen molar-refractivity contribution in [3.8, 4) is 0 Å². The van der Waals surface area contributed by atoms with Crippen molar-refractivity contribution in [2.24, 2.45) is 0 Å². The first-order valence-electron chi connectivity index (χ1n) is 12.9. The highest BCUT2D eigenvalue weighted by Gasteiger charge is 2.27. The molecule has 4 rings (SSSR count). The SMILES string of the molecule is CC(C)NCCNC(=O)CN(CC(=O)N(C)N1Cc2ccccc2C1)c1cccc2c1CCCC2. The van der Waals surface area contributed by atoms with Crippen molar-refractivity contribution >= 4 is 17.5 Å². The van der Waals surface area contributed by atoms with Gasteiger partial charge in [0.25, 0.3) is 5.91 Å². The van der Waals surface area contributed by atoms with Gasteiger partial charge in [-0.15, -0.1) is 0 Å². The van der Waals surface area contributed by atoms with Crippen LogP contribution in [0.25, 0.3) is 0 Å². The van der Waals surface area contributed by atoms with E-state index in [0.29, 0.717) is 12.6 Å². The molecule has 7 heteroatoms. The van der Waals surface area contributed by atoms with Crippen LogP contribution in [0, 0.1) is 0 Å². The fraction of sp³-hybridized carbons (Fsp3) is 0.500. The van der Waals surface area contributed by atoms with Crippen LogP contribution in [0.1, 0.15) is 48.9 Å². The Kier molecular flexibility index (Phi) is 8.42. The molecule has 1 aliphatic heterocycles. The number of hydrazine groups is 1. The fourth-order valence-electron chi connectivity index (χ4n) is 5.03. The molecule has 0 aromatic heterocycles. The van der Waals surface area contributed by atoms with Crippen molar-refractivity contribution in [1.29, 1.82) is 0 Å². The van der Waals surface area contributed by atoms with Gasteiger partial charge in [0.15, 0.2) is 0 Å². The van der Waals surface area contributed by atoms with Crippen LogP contribution in [0.2, 0.25) is 0 Å². The number of nitrogens with one attached hydrogen (secondary N) is 2. The van der Waals surface area contributed by atoms with E-state index >= 15 is 0 Å². The van der Waals surface area contributed by atoms with Crippen LogP contribution in [0.4, 0.5) is 5.69 Å². The summed E-state index contributed by atoms with van der Waals surface area (Å²) < 4.78 is 0. The summed E-state index contributed by atoms with van der Waals surface area (Å²) in [6, 6.07) is 15.0. The third-order valence-corrected chi connectivity index (χ3v) is 6.98.